The van der Waals surface area contributed by atoms with E-state index in [0.717, 1.165) is 32.4 Å². The summed E-state index contributed by atoms with van der Waals surface area (Å²) in [5.74, 6) is 0.688. The van der Waals surface area contributed by atoms with Crippen LogP contribution < -0.4 is 5.32 Å². The van der Waals surface area contributed by atoms with Gasteiger partial charge in [-0.15, -0.1) is 0 Å². The van der Waals surface area contributed by atoms with E-state index in [4.69, 9.17) is 0 Å². The summed E-state index contributed by atoms with van der Waals surface area (Å²) >= 11 is 0. The fourth-order valence-corrected chi connectivity index (χ4v) is 3.32. The smallest absolute Gasteiger partial charge is 0.0675 e. The first-order valence-electron chi connectivity index (χ1n) is 6.23. The molecule has 2 N–H and O–H groups in total. The second kappa shape index (κ2) is 3.21. The van der Waals surface area contributed by atoms with E-state index in [0.29, 0.717) is 16.7 Å². The van der Waals surface area contributed by atoms with E-state index >= 15 is 0 Å². The minimum absolute atomic E-state index is 0.388. The van der Waals surface area contributed by atoms with Crippen molar-refractivity contribution < 1.29 is 5.11 Å². The first-order chi connectivity index (χ1) is 6.80. The Morgan fingerprint density at radius 1 is 1.07 bits per heavy atom. The number of nitrogens with one attached hydrogen (secondary N) is 1. The van der Waals surface area contributed by atoms with Crippen molar-refractivity contribution >= 4 is 0 Å². The Balaban J connectivity index is 1.98. The molecule has 1 saturated carbocycles. The zero-order valence-corrected chi connectivity index (χ0v) is 10.6. The first kappa shape index (κ1) is 11.4. The van der Waals surface area contributed by atoms with Crippen molar-refractivity contribution in [1.82, 2.24) is 5.32 Å². The normalized spacial score (nSPS) is 32.6. The number of piperidine rings is 1. The average molecular weight is 211 g/mol. The Hall–Kier alpha value is -0.0800. The van der Waals surface area contributed by atoms with Gasteiger partial charge in [0.1, 0.15) is 0 Å². The van der Waals surface area contributed by atoms with Gasteiger partial charge in [-0.25, -0.2) is 0 Å². The highest BCUT2D eigenvalue weighted by atomic mass is 16.3. The van der Waals surface area contributed by atoms with Crippen LogP contribution in [0.15, 0.2) is 0 Å². The highest BCUT2D eigenvalue weighted by Crippen LogP contribution is 2.70. The van der Waals surface area contributed by atoms with Crippen molar-refractivity contribution in [2.75, 3.05) is 13.1 Å². The molecular formula is C13H25NO. The molecule has 0 radical (unpaired) electrons. The predicted molar refractivity (Wildman–Crippen MR) is 62.7 cm³/mol. The highest BCUT2D eigenvalue weighted by molar-refractivity contribution is 5.14. The summed E-state index contributed by atoms with van der Waals surface area (Å²) in [6.07, 6.45) is 2.85. The van der Waals surface area contributed by atoms with Crippen LogP contribution in [-0.4, -0.2) is 23.8 Å². The third-order valence-corrected chi connectivity index (χ3v) is 5.44. The molecule has 0 amide bonds. The van der Waals surface area contributed by atoms with E-state index in [-0.39, 0.29) is 5.60 Å². The van der Waals surface area contributed by atoms with Crippen molar-refractivity contribution in [3.8, 4) is 0 Å². The number of hydrogen-bond donors (Lipinski definition) is 2. The molecular weight excluding hydrogens is 186 g/mol. The molecule has 0 aromatic carbocycles. The van der Waals surface area contributed by atoms with Gasteiger partial charge in [0, 0.05) is 0 Å². The molecule has 2 heteroatoms. The van der Waals surface area contributed by atoms with E-state index in [9.17, 15) is 5.11 Å². The molecule has 2 nitrogen and oxygen atoms in total. The summed E-state index contributed by atoms with van der Waals surface area (Å²) < 4.78 is 0. The SMILES string of the molecule is CC1(C)C(CC2(O)CCNCC2)C1(C)C. The van der Waals surface area contributed by atoms with Gasteiger partial charge in [-0.2, -0.15) is 0 Å². The summed E-state index contributed by atoms with van der Waals surface area (Å²) in [6.45, 7) is 11.3. The molecule has 1 aliphatic carbocycles. The standard InChI is InChI=1S/C13H25NO/c1-11(2)10(12(11,3)4)9-13(15)5-7-14-8-6-13/h10,14-15H,5-9H2,1-4H3. The molecule has 0 bridgehead atoms. The largest absolute Gasteiger partial charge is 0.390 e. The summed E-state index contributed by atoms with van der Waals surface area (Å²) in [7, 11) is 0. The molecule has 2 rings (SSSR count). The minimum atomic E-state index is -0.388. The van der Waals surface area contributed by atoms with Crippen molar-refractivity contribution in [3.63, 3.8) is 0 Å². The van der Waals surface area contributed by atoms with Gasteiger partial charge in [0.2, 0.25) is 0 Å². The van der Waals surface area contributed by atoms with Crippen LogP contribution in [0.1, 0.15) is 47.0 Å². The van der Waals surface area contributed by atoms with Crippen LogP contribution in [0.25, 0.3) is 0 Å². The van der Waals surface area contributed by atoms with Crippen LogP contribution in [0.4, 0.5) is 0 Å². The molecule has 0 spiro atoms. The van der Waals surface area contributed by atoms with Crippen LogP contribution in [-0.2, 0) is 0 Å². The maximum absolute atomic E-state index is 10.5. The average Bonchev–Trinajstić information content (AvgIpc) is 2.49. The second-order valence-electron chi connectivity index (χ2n) is 6.67. The molecule has 1 heterocycles. The Morgan fingerprint density at radius 3 is 1.93 bits per heavy atom. The van der Waals surface area contributed by atoms with E-state index in [1.807, 2.05) is 0 Å². The molecule has 88 valence electrons. The van der Waals surface area contributed by atoms with Crippen LogP contribution in [0.5, 0.6) is 0 Å². The number of rotatable bonds is 2. The van der Waals surface area contributed by atoms with Gasteiger partial charge in [0.15, 0.2) is 0 Å². The zero-order valence-electron chi connectivity index (χ0n) is 10.6. The third kappa shape index (κ3) is 1.72. The molecule has 2 aliphatic rings. The van der Waals surface area contributed by atoms with Crippen LogP contribution in [0.2, 0.25) is 0 Å². The second-order valence-corrected chi connectivity index (χ2v) is 6.67. The van der Waals surface area contributed by atoms with Gasteiger partial charge in [-0.3, -0.25) is 0 Å². The predicted octanol–water partition coefficient (Wildman–Crippen LogP) is 2.17. The van der Waals surface area contributed by atoms with Gasteiger partial charge in [-0.1, -0.05) is 27.7 Å². The van der Waals surface area contributed by atoms with Crippen molar-refractivity contribution in [3.05, 3.63) is 0 Å². The third-order valence-electron chi connectivity index (χ3n) is 5.44. The lowest BCUT2D eigenvalue weighted by Crippen LogP contribution is -2.42. The molecule has 0 aromatic heterocycles. The molecule has 1 aliphatic heterocycles. The van der Waals surface area contributed by atoms with Crippen molar-refractivity contribution in [2.24, 2.45) is 16.7 Å². The van der Waals surface area contributed by atoms with Crippen LogP contribution in [0, 0.1) is 16.7 Å². The van der Waals surface area contributed by atoms with Crippen LogP contribution >= 0.6 is 0 Å². The lowest BCUT2D eigenvalue weighted by molar-refractivity contribution is -0.00689. The van der Waals surface area contributed by atoms with Gasteiger partial charge in [-0.05, 0) is 49.1 Å². The zero-order chi connectivity index (χ0) is 11.3. The molecule has 0 atom stereocenters. The Kier molecular flexibility index (Phi) is 2.44. The summed E-state index contributed by atoms with van der Waals surface area (Å²) in [6, 6.07) is 0. The van der Waals surface area contributed by atoms with Crippen molar-refractivity contribution in [2.45, 2.75) is 52.6 Å². The van der Waals surface area contributed by atoms with Crippen LogP contribution in [0.3, 0.4) is 0 Å². The minimum Gasteiger partial charge on any atom is -0.390 e. The fourth-order valence-electron chi connectivity index (χ4n) is 3.32. The molecule has 1 saturated heterocycles. The Morgan fingerprint density at radius 2 is 1.53 bits per heavy atom. The van der Waals surface area contributed by atoms with E-state index in [1.54, 1.807) is 0 Å². The lowest BCUT2D eigenvalue weighted by atomic mass is 9.85. The van der Waals surface area contributed by atoms with E-state index < -0.39 is 0 Å². The molecule has 0 aromatic rings. The van der Waals surface area contributed by atoms with Gasteiger partial charge in [0.05, 0.1) is 5.60 Å². The molecule has 15 heavy (non-hydrogen) atoms. The summed E-state index contributed by atoms with van der Waals surface area (Å²) in [5, 5.41) is 13.8. The summed E-state index contributed by atoms with van der Waals surface area (Å²) in [4.78, 5) is 0. The lowest BCUT2D eigenvalue weighted by Gasteiger charge is -2.33. The monoisotopic (exact) mass is 211 g/mol. The highest BCUT2D eigenvalue weighted by Gasteiger charge is 2.65. The van der Waals surface area contributed by atoms with Gasteiger partial charge < -0.3 is 10.4 Å². The number of aliphatic hydroxyl groups is 1. The van der Waals surface area contributed by atoms with Crippen molar-refractivity contribution in [1.29, 1.82) is 0 Å². The molecule has 2 fully saturated rings. The Bertz CT molecular complexity index is 237. The maximum Gasteiger partial charge on any atom is 0.0675 e. The summed E-state index contributed by atoms with van der Waals surface area (Å²) in [5.41, 5.74) is 0.433. The van der Waals surface area contributed by atoms with Gasteiger partial charge >= 0.3 is 0 Å². The van der Waals surface area contributed by atoms with E-state index in [1.165, 1.54) is 0 Å². The fraction of sp³-hybridized carbons (Fsp3) is 1.00. The van der Waals surface area contributed by atoms with E-state index in [2.05, 4.69) is 33.0 Å². The first-order valence-corrected chi connectivity index (χ1v) is 6.23. The quantitative estimate of drug-likeness (QED) is 0.733. The Labute approximate surface area is 93.5 Å². The van der Waals surface area contributed by atoms with Gasteiger partial charge in [0.25, 0.3) is 0 Å². The maximum atomic E-state index is 10.5. The number of hydrogen-bond acceptors (Lipinski definition) is 2. The molecule has 0 unspecified atom stereocenters. The topological polar surface area (TPSA) is 32.3 Å².